The van der Waals surface area contributed by atoms with Gasteiger partial charge in [0.05, 0.1) is 35.9 Å². The zero-order valence-electron chi connectivity index (χ0n) is 18.6. The van der Waals surface area contributed by atoms with Gasteiger partial charge in [-0.3, -0.25) is 19.3 Å². The second-order valence-corrected chi connectivity index (χ2v) is 8.62. The molecule has 1 aliphatic carbocycles. The second-order valence-electron chi connectivity index (χ2n) is 8.18. The summed E-state index contributed by atoms with van der Waals surface area (Å²) < 4.78 is 10.2. The van der Waals surface area contributed by atoms with Gasteiger partial charge in [-0.1, -0.05) is 30.7 Å². The number of ether oxygens (including phenoxy) is 2. The molecule has 1 saturated heterocycles. The molecule has 1 aliphatic heterocycles. The standard InChI is InChI=1S/C25H23ClN2O6/c1-14-4-3-5-18-22(14)24(31)28(23(18)30)17-9-6-15(7-10-17)25(32)34-13-21(29)27-19-12-16(26)8-11-20(19)33-2/h3-4,6-12,14,18,22H,5,13H2,1-2H3,(H,27,29)/t14-,18-,22-/m1/s1. The number of nitrogens with one attached hydrogen (secondary N) is 1. The highest BCUT2D eigenvalue weighted by atomic mass is 35.5. The molecule has 0 radical (unpaired) electrons. The third kappa shape index (κ3) is 4.54. The maximum absolute atomic E-state index is 12.9. The molecule has 1 heterocycles. The number of carbonyl (C=O) groups is 4. The number of methoxy groups -OCH3 is 1. The van der Waals surface area contributed by atoms with Gasteiger partial charge in [0.1, 0.15) is 5.75 Å². The van der Waals surface area contributed by atoms with Crippen molar-refractivity contribution in [3.63, 3.8) is 0 Å². The molecule has 0 unspecified atom stereocenters. The van der Waals surface area contributed by atoms with Gasteiger partial charge >= 0.3 is 5.97 Å². The van der Waals surface area contributed by atoms with Crippen molar-refractivity contribution in [2.45, 2.75) is 13.3 Å². The highest BCUT2D eigenvalue weighted by Crippen LogP contribution is 2.40. The Kier molecular flexibility index (Phi) is 6.70. The van der Waals surface area contributed by atoms with E-state index < -0.39 is 18.5 Å². The number of imide groups is 1. The van der Waals surface area contributed by atoms with Gasteiger partial charge in [-0.2, -0.15) is 0 Å². The van der Waals surface area contributed by atoms with Gasteiger partial charge in [-0.15, -0.1) is 0 Å². The first-order chi connectivity index (χ1) is 16.3. The normalized spacial score (nSPS) is 21.3. The number of nitrogens with zero attached hydrogens (tertiary/aromatic N) is 1. The largest absolute Gasteiger partial charge is 0.495 e. The van der Waals surface area contributed by atoms with Crippen LogP contribution in [-0.2, 0) is 19.1 Å². The van der Waals surface area contributed by atoms with Crippen molar-refractivity contribution < 1.29 is 28.7 Å². The minimum atomic E-state index is -0.717. The molecule has 2 aliphatic rings. The van der Waals surface area contributed by atoms with Crippen LogP contribution in [0, 0.1) is 17.8 Å². The van der Waals surface area contributed by atoms with E-state index in [-0.39, 0.29) is 35.1 Å². The molecular formula is C25H23ClN2O6. The summed E-state index contributed by atoms with van der Waals surface area (Å²) >= 11 is 5.94. The lowest BCUT2D eigenvalue weighted by Gasteiger charge is -2.22. The highest BCUT2D eigenvalue weighted by Gasteiger charge is 2.50. The molecule has 0 saturated carbocycles. The highest BCUT2D eigenvalue weighted by molar-refractivity contribution is 6.31. The molecule has 0 bridgehead atoms. The van der Waals surface area contributed by atoms with Crippen LogP contribution in [-0.4, -0.2) is 37.4 Å². The topological polar surface area (TPSA) is 102 Å². The van der Waals surface area contributed by atoms with Crippen molar-refractivity contribution in [2.24, 2.45) is 17.8 Å². The number of anilines is 2. The Bertz CT molecular complexity index is 1180. The molecule has 8 nitrogen and oxygen atoms in total. The van der Waals surface area contributed by atoms with Crippen LogP contribution >= 0.6 is 11.6 Å². The van der Waals surface area contributed by atoms with Crippen molar-refractivity contribution >= 4 is 46.7 Å². The number of amides is 3. The first-order valence-electron chi connectivity index (χ1n) is 10.7. The Hall–Kier alpha value is -3.65. The zero-order valence-corrected chi connectivity index (χ0v) is 19.4. The van der Waals surface area contributed by atoms with E-state index >= 15 is 0 Å². The number of esters is 1. The van der Waals surface area contributed by atoms with Crippen LogP contribution in [0.1, 0.15) is 23.7 Å². The van der Waals surface area contributed by atoms with Gasteiger partial charge in [0.2, 0.25) is 11.8 Å². The third-order valence-corrected chi connectivity index (χ3v) is 6.24. The average Bonchev–Trinajstić information content (AvgIpc) is 3.08. The van der Waals surface area contributed by atoms with Crippen molar-refractivity contribution in [1.29, 1.82) is 0 Å². The Morgan fingerprint density at radius 1 is 1.12 bits per heavy atom. The van der Waals surface area contributed by atoms with E-state index in [9.17, 15) is 19.2 Å². The van der Waals surface area contributed by atoms with Gasteiger partial charge in [-0.05, 0) is 54.8 Å². The second kappa shape index (κ2) is 9.69. The number of halogens is 1. The number of hydrogen-bond donors (Lipinski definition) is 1. The number of benzene rings is 2. The predicted octanol–water partition coefficient (Wildman–Crippen LogP) is 3.85. The number of allylic oxidation sites excluding steroid dienone is 2. The number of hydrogen-bond acceptors (Lipinski definition) is 6. The van der Waals surface area contributed by atoms with E-state index in [1.165, 1.54) is 42.3 Å². The molecule has 4 rings (SSSR count). The van der Waals surface area contributed by atoms with E-state index in [2.05, 4.69) is 5.32 Å². The monoisotopic (exact) mass is 482 g/mol. The summed E-state index contributed by atoms with van der Waals surface area (Å²) in [5, 5.41) is 2.99. The van der Waals surface area contributed by atoms with Crippen LogP contribution in [0.4, 0.5) is 11.4 Å². The lowest BCUT2D eigenvalue weighted by atomic mass is 9.78. The molecule has 0 spiro atoms. The Labute approximate surface area is 201 Å². The lowest BCUT2D eigenvalue weighted by Crippen LogP contribution is -2.31. The Balaban J connectivity index is 1.37. The fraction of sp³-hybridized carbons (Fsp3) is 0.280. The van der Waals surface area contributed by atoms with Gasteiger partial charge in [0, 0.05) is 5.02 Å². The molecule has 2 aromatic rings. The molecule has 3 amide bonds. The molecular weight excluding hydrogens is 460 g/mol. The van der Waals surface area contributed by atoms with Crippen molar-refractivity contribution in [3.8, 4) is 5.75 Å². The van der Waals surface area contributed by atoms with Crippen LogP contribution in [0.15, 0.2) is 54.6 Å². The van der Waals surface area contributed by atoms with Crippen LogP contribution < -0.4 is 15.0 Å². The SMILES string of the molecule is COc1ccc(Cl)cc1NC(=O)COC(=O)c1ccc(N2C(=O)[C@@H]3[C@H](C)C=CC[C@H]3C2=O)cc1. The third-order valence-electron chi connectivity index (χ3n) is 6.00. The Morgan fingerprint density at radius 3 is 2.53 bits per heavy atom. The molecule has 3 atom stereocenters. The number of carbonyl (C=O) groups excluding carboxylic acids is 4. The van der Waals surface area contributed by atoms with Crippen molar-refractivity contribution in [1.82, 2.24) is 0 Å². The summed E-state index contributed by atoms with van der Waals surface area (Å²) in [4.78, 5) is 51.5. The zero-order chi connectivity index (χ0) is 24.4. The van der Waals surface area contributed by atoms with E-state index in [4.69, 9.17) is 21.1 Å². The summed E-state index contributed by atoms with van der Waals surface area (Å²) in [6.45, 7) is 1.41. The minimum Gasteiger partial charge on any atom is -0.495 e. The molecule has 1 fully saturated rings. The average molecular weight is 483 g/mol. The quantitative estimate of drug-likeness (QED) is 0.381. The first kappa shape index (κ1) is 23.5. The van der Waals surface area contributed by atoms with Gasteiger partial charge in [-0.25, -0.2) is 4.79 Å². The van der Waals surface area contributed by atoms with Crippen LogP contribution in [0.2, 0.25) is 5.02 Å². The summed E-state index contributed by atoms with van der Waals surface area (Å²) in [5.74, 6) is -2.05. The Morgan fingerprint density at radius 2 is 1.85 bits per heavy atom. The fourth-order valence-corrected chi connectivity index (χ4v) is 4.50. The van der Waals surface area contributed by atoms with Crippen LogP contribution in [0.5, 0.6) is 5.75 Å². The van der Waals surface area contributed by atoms with Gasteiger partial charge < -0.3 is 14.8 Å². The molecule has 0 aromatic heterocycles. The molecule has 176 valence electrons. The lowest BCUT2D eigenvalue weighted by molar-refractivity contribution is -0.123. The summed E-state index contributed by atoms with van der Waals surface area (Å²) in [5.41, 5.74) is 0.938. The summed E-state index contributed by atoms with van der Waals surface area (Å²) in [7, 11) is 1.46. The first-order valence-corrected chi connectivity index (χ1v) is 11.1. The molecule has 9 heteroatoms. The van der Waals surface area contributed by atoms with Crippen molar-refractivity contribution in [3.05, 3.63) is 65.2 Å². The molecule has 2 aromatic carbocycles. The van der Waals surface area contributed by atoms with E-state index in [0.717, 1.165) is 0 Å². The van der Waals surface area contributed by atoms with Crippen LogP contribution in [0.25, 0.3) is 0 Å². The smallest absolute Gasteiger partial charge is 0.338 e. The fourth-order valence-electron chi connectivity index (χ4n) is 4.33. The maximum atomic E-state index is 12.9. The van der Waals surface area contributed by atoms with Gasteiger partial charge in [0.15, 0.2) is 6.61 Å². The predicted molar refractivity (Wildman–Crippen MR) is 126 cm³/mol. The number of rotatable bonds is 6. The molecule has 34 heavy (non-hydrogen) atoms. The maximum Gasteiger partial charge on any atom is 0.338 e. The molecule has 1 N–H and O–H groups in total. The van der Waals surface area contributed by atoms with E-state index in [0.29, 0.717) is 28.6 Å². The van der Waals surface area contributed by atoms with Crippen molar-refractivity contribution in [2.75, 3.05) is 23.9 Å². The summed E-state index contributed by atoms with van der Waals surface area (Å²) in [6, 6.07) is 10.7. The minimum absolute atomic E-state index is 0.00697. The summed E-state index contributed by atoms with van der Waals surface area (Å²) in [6.07, 6.45) is 4.45. The van der Waals surface area contributed by atoms with Gasteiger partial charge in [0.25, 0.3) is 5.91 Å². The van der Waals surface area contributed by atoms with Crippen LogP contribution in [0.3, 0.4) is 0 Å². The van der Waals surface area contributed by atoms with E-state index in [1.54, 1.807) is 12.1 Å². The number of fused-ring (bicyclic) bond motifs is 1. The van der Waals surface area contributed by atoms with E-state index in [1.807, 2.05) is 19.1 Å².